The second-order valence-electron chi connectivity index (χ2n) is 4.32. The van der Waals surface area contributed by atoms with Gasteiger partial charge in [-0.1, -0.05) is 0 Å². The minimum Gasteiger partial charge on any atom is -0.394 e. The van der Waals surface area contributed by atoms with E-state index in [-0.39, 0.29) is 12.6 Å². The number of rotatable bonds is 8. The van der Waals surface area contributed by atoms with Crippen LogP contribution in [0.1, 0.15) is 36.5 Å². The van der Waals surface area contributed by atoms with E-state index in [9.17, 15) is 0 Å². The molecular weight excluding hydrogens is 230 g/mol. The third kappa shape index (κ3) is 5.08. The zero-order valence-corrected chi connectivity index (χ0v) is 11.4. The van der Waals surface area contributed by atoms with Gasteiger partial charge in [0.15, 0.2) is 0 Å². The third-order valence-electron chi connectivity index (χ3n) is 2.76. The first-order valence-corrected chi connectivity index (χ1v) is 6.37. The molecule has 0 saturated carbocycles. The maximum Gasteiger partial charge on any atom is 0.125 e. The Labute approximate surface area is 109 Å². The number of hydrogen-bond acceptors (Lipinski definition) is 5. The van der Waals surface area contributed by atoms with E-state index in [1.165, 1.54) is 0 Å². The normalized spacial score (nSPS) is 12.7. The Bertz CT molecular complexity index is 358. The fraction of sp³-hybridized carbons (Fsp3) is 0.692. The fourth-order valence-electron chi connectivity index (χ4n) is 1.79. The summed E-state index contributed by atoms with van der Waals surface area (Å²) in [7, 11) is 0. The van der Waals surface area contributed by atoms with Crippen LogP contribution in [0.5, 0.6) is 0 Å². The molecule has 0 bridgehead atoms. The Morgan fingerprint density at radius 3 is 2.83 bits per heavy atom. The van der Waals surface area contributed by atoms with E-state index >= 15 is 0 Å². The van der Waals surface area contributed by atoms with Gasteiger partial charge in [0.25, 0.3) is 0 Å². The van der Waals surface area contributed by atoms with Crippen LogP contribution in [0, 0.1) is 13.8 Å². The molecule has 0 aliphatic carbocycles. The Kier molecular flexibility index (Phi) is 6.78. The summed E-state index contributed by atoms with van der Waals surface area (Å²) in [6, 6.07) is 0.239. The number of nitrogens with one attached hydrogen (secondary N) is 1. The molecule has 0 amide bonds. The highest BCUT2D eigenvalue weighted by atomic mass is 16.5. The molecule has 1 rings (SSSR count). The second kappa shape index (κ2) is 8.13. The highest BCUT2D eigenvalue weighted by Crippen LogP contribution is 2.14. The maximum atomic E-state index is 8.56. The largest absolute Gasteiger partial charge is 0.394 e. The summed E-state index contributed by atoms with van der Waals surface area (Å²) in [5.41, 5.74) is 2.16. The van der Waals surface area contributed by atoms with Crippen LogP contribution in [0.2, 0.25) is 0 Å². The lowest BCUT2D eigenvalue weighted by molar-refractivity contribution is 0.0904. The van der Waals surface area contributed by atoms with Crippen molar-refractivity contribution >= 4 is 0 Å². The first-order chi connectivity index (χ1) is 8.65. The molecule has 0 aliphatic heterocycles. The van der Waals surface area contributed by atoms with Gasteiger partial charge in [-0.05, 0) is 33.7 Å². The van der Waals surface area contributed by atoms with Gasteiger partial charge in [-0.3, -0.25) is 0 Å². The van der Waals surface area contributed by atoms with Gasteiger partial charge in [-0.25, -0.2) is 9.97 Å². The summed E-state index contributed by atoms with van der Waals surface area (Å²) in [6.07, 6.45) is 2.81. The molecule has 5 nitrogen and oxygen atoms in total. The molecule has 0 fully saturated rings. The van der Waals surface area contributed by atoms with Crippen LogP contribution >= 0.6 is 0 Å². The summed E-state index contributed by atoms with van der Waals surface area (Å²) in [5, 5.41) is 12.0. The van der Waals surface area contributed by atoms with Gasteiger partial charge in [-0.15, -0.1) is 0 Å². The van der Waals surface area contributed by atoms with Crippen LogP contribution < -0.4 is 5.32 Å². The van der Waals surface area contributed by atoms with Crippen LogP contribution in [0.15, 0.2) is 6.20 Å². The smallest absolute Gasteiger partial charge is 0.125 e. The molecule has 102 valence electrons. The van der Waals surface area contributed by atoms with Crippen molar-refractivity contribution in [3.05, 3.63) is 23.3 Å². The molecule has 0 aliphatic rings. The fourth-order valence-corrected chi connectivity index (χ4v) is 1.79. The molecule has 0 radical (unpaired) electrons. The number of aliphatic hydroxyl groups is 1. The Hall–Kier alpha value is -1.04. The number of aliphatic hydroxyl groups excluding tert-OH is 1. The van der Waals surface area contributed by atoms with Crippen LogP contribution in [0.25, 0.3) is 0 Å². The molecule has 18 heavy (non-hydrogen) atoms. The van der Waals surface area contributed by atoms with E-state index in [0.29, 0.717) is 13.2 Å². The number of aromatic nitrogens is 2. The molecular formula is C13H23N3O2. The van der Waals surface area contributed by atoms with Gasteiger partial charge in [-0.2, -0.15) is 0 Å². The van der Waals surface area contributed by atoms with Gasteiger partial charge in [0.1, 0.15) is 5.82 Å². The van der Waals surface area contributed by atoms with Crippen molar-refractivity contribution in [2.45, 2.75) is 33.2 Å². The quantitative estimate of drug-likeness (QED) is 0.680. The zero-order chi connectivity index (χ0) is 13.4. The number of hydrogen-bond donors (Lipinski definition) is 2. The molecule has 0 spiro atoms. The molecule has 1 aromatic rings. The van der Waals surface area contributed by atoms with E-state index in [1.807, 2.05) is 20.0 Å². The van der Waals surface area contributed by atoms with Gasteiger partial charge in [0.2, 0.25) is 0 Å². The maximum absolute atomic E-state index is 8.56. The lowest BCUT2D eigenvalue weighted by atomic mass is 10.1. The minimum absolute atomic E-state index is 0.0870. The van der Waals surface area contributed by atoms with Crippen molar-refractivity contribution in [2.75, 3.05) is 26.4 Å². The van der Waals surface area contributed by atoms with Gasteiger partial charge < -0.3 is 15.2 Å². The first-order valence-electron chi connectivity index (χ1n) is 6.37. The van der Waals surface area contributed by atoms with Gasteiger partial charge >= 0.3 is 0 Å². The molecule has 1 heterocycles. The Morgan fingerprint density at radius 1 is 1.39 bits per heavy atom. The monoisotopic (exact) mass is 253 g/mol. The number of ether oxygens (including phenoxy) is 1. The third-order valence-corrected chi connectivity index (χ3v) is 2.76. The summed E-state index contributed by atoms with van der Waals surface area (Å²) in [5.74, 6) is 0.806. The Balaban J connectivity index is 2.29. The van der Waals surface area contributed by atoms with Crippen LogP contribution in [-0.2, 0) is 4.74 Å². The highest BCUT2D eigenvalue weighted by molar-refractivity contribution is 5.19. The predicted molar refractivity (Wildman–Crippen MR) is 70.4 cm³/mol. The first kappa shape index (κ1) is 15.0. The average molecular weight is 253 g/mol. The number of nitrogens with zero attached hydrogens (tertiary/aromatic N) is 2. The molecule has 0 aromatic carbocycles. The molecule has 0 saturated heterocycles. The summed E-state index contributed by atoms with van der Waals surface area (Å²) in [4.78, 5) is 8.59. The molecule has 1 aromatic heterocycles. The van der Waals surface area contributed by atoms with Crippen molar-refractivity contribution < 1.29 is 9.84 Å². The van der Waals surface area contributed by atoms with Crippen molar-refractivity contribution in [3.63, 3.8) is 0 Å². The molecule has 1 atom stereocenters. The summed E-state index contributed by atoms with van der Waals surface area (Å²) >= 11 is 0. The molecule has 2 N–H and O–H groups in total. The Morgan fingerprint density at radius 2 is 2.17 bits per heavy atom. The summed E-state index contributed by atoms with van der Waals surface area (Å²) in [6.45, 7) is 8.06. The van der Waals surface area contributed by atoms with E-state index in [0.717, 1.165) is 30.0 Å². The zero-order valence-electron chi connectivity index (χ0n) is 11.4. The van der Waals surface area contributed by atoms with Crippen molar-refractivity contribution in [1.82, 2.24) is 15.3 Å². The van der Waals surface area contributed by atoms with Crippen molar-refractivity contribution in [3.8, 4) is 0 Å². The van der Waals surface area contributed by atoms with Crippen molar-refractivity contribution in [1.29, 1.82) is 0 Å². The van der Waals surface area contributed by atoms with Crippen LogP contribution in [-0.4, -0.2) is 41.4 Å². The van der Waals surface area contributed by atoms with Gasteiger partial charge in [0.05, 0.1) is 13.2 Å². The van der Waals surface area contributed by atoms with Crippen LogP contribution in [0.4, 0.5) is 0 Å². The average Bonchev–Trinajstić information content (AvgIpc) is 2.33. The lowest BCUT2D eigenvalue weighted by Crippen LogP contribution is -2.22. The SMILES string of the molecule is Cc1ncc(C(C)NCCCOCCO)c(C)n1. The van der Waals surface area contributed by atoms with E-state index in [4.69, 9.17) is 9.84 Å². The minimum atomic E-state index is 0.0870. The summed E-state index contributed by atoms with van der Waals surface area (Å²) < 4.78 is 5.20. The van der Waals surface area contributed by atoms with Crippen molar-refractivity contribution in [2.24, 2.45) is 0 Å². The van der Waals surface area contributed by atoms with Gasteiger partial charge in [0, 0.05) is 30.1 Å². The molecule has 1 unspecified atom stereocenters. The standard InChI is InChI=1S/C13H23N3O2/c1-10(14-5-4-7-18-8-6-17)13-9-15-12(3)16-11(13)2/h9-10,14,17H,4-8H2,1-3H3. The predicted octanol–water partition coefficient (Wildman–Crippen LogP) is 1.14. The second-order valence-corrected chi connectivity index (χ2v) is 4.32. The topological polar surface area (TPSA) is 67.3 Å². The van der Waals surface area contributed by atoms with Crippen LogP contribution in [0.3, 0.4) is 0 Å². The highest BCUT2D eigenvalue weighted by Gasteiger charge is 2.09. The van der Waals surface area contributed by atoms with E-state index in [2.05, 4.69) is 22.2 Å². The molecule has 5 heteroatoms. The number of aryl methyl sites for hydroxylation is 2. The van der Waals surface area contributed by atoms with E-state index < -0.39 is 0 Å². The van der Waals surface area contributed by atoms with E-state index in [1.54, 1.807) is 0 Å². The lowest BCUT2D eigenvalue weighted by Gasteiger charge is -2.15.